The van der Waals surface area contributed by atoms with Crippen LogP contribution in [-0.2, 0) is 0 Å². The number of hydrogen-bond donors (Lipinski definition) is 1. The van der Waals surface area contributed by atoms with Crippen molar-refractivity contribution in [1.82, 2.24) is 0 Å². The van der Waals surface area contributed by atoms with Crippen LogP contribution in [0, 0.1) is 11.8 Å². The zero-order valence-electron chi connectivity index (χ0n) is 8.09. The first-order valence-corrected chi connectivity index (χ1v) is 6.31. The Hall–Kier alpha value is 0.310. The summed E-state index contributed by atoms with van der Waals surface area (Å²) in [5.41, 5.74) is 5.65. The Kier molecular flexibility index (Phi) is 5.08. The Bertz CT molecular complexity index is 114. The average Bonchev–Trinajstić information content (AvgIpc) is 2.03. The molecule has 72 valence electrons. The number of thioether (sulfide) groups is 1. The molecule has 0 heterocycles. The maximum atomic E-state index is 5.65. The molecule has 0 spiro atoms. The van der Waals surface area contributed by atoms with Crippen LogP contribution in [-0.4, -0.2) is 18.1 Å². The van der Waals surface area contributed by atoms with Gasteiger partial charge in [-0.25, -0.2) is 0 Å². The molecule has 2 atom stereocenters. The van der Waals surface area contributed by atoms with Crippen molar-refractivity contribution in [3.8, 4) is 0 Å². The van der Waals surface area contributed by atoms with Crippen LogP contribution in [0.15, 0.2) is 0 Å². The Labute approximate surface area is 80.5 Å². The molecule has 1 nitrogen and oxygen atoms in total. The van der Waals surface area contributed by atoms with E-state index in [1.54, 1.807) is 0 Å². The molecule has 0 bridgehead atoms. The zero-order valence-corrected chi connectivity index (χ0v) is 8.91. The van der Waals surface area contributed by atoms with Crippen LogP contribution < -0.4 is 5.73 Å². The van der Waals surface area contributed by atoms with Crippen molar-refractivity contribution < 1.29 is 0 Å². The Morgan fingerprint density at radius 3 is 2.58 bits per heavy atom. The molecule has 0 aromatic heterocycles. The molecule has 1 aliphatic carbocycles. The molecule has 0 aromatic rings. The van der Waals surface area contributed by atoms with E-state index in [4.69, 9.17) is 5.73 Å². The van der Waals surface area contributed by atoms with Gasteiger partial charge in [0.1, 0.15) is 0 Å². The lowest BCUT2D eigenvalue weighted by Gasteiger charge is -2.35. The van der Waals surface area contributed by atoms with E-state index in [-0.39, 0.29) is 0 Å². The average molecular weight is 187 g/mol. The SMILES string of the molecule is CCSCCCC1CCC1CN. The van der Waals surface area contributed by atoms with Crippen LogP contribution in [0.1, 0.15) is 32.6 Å². The number of rotatable bonds is 6. The number of nitrogens with two attached hydrogens (primary N) is 1. The molecular formula is C10H21NS. The van der Waals surface area contributed by atoms with Gasteiger partial charge < -0.3 is 5.73 Å². The van der Waals surface area contributed by atoms with Gasteiger partial charge in [-0.15, -0.1) is 0 Å². The first-order chi connectivity index (χ1) is 5.88. The molecule has 0 aliphatic heterocycles. The second kappa shape index (κ2) is 5.87. The highest BCUT2D eigenvalue weighted by molar-refractivity contribution is 7.99. The predicted octanol–water partition coefficient (Wildman–Crippen LogP) is 2.50. The number of hydrogen-bond acceptors (Lipinski definition) is 2. The fourth-order valence-electron chi connectivity index (χ4n) is 1.92. The van der Waals surface area contributed by atoms with Crippen LogP contribution in [0.25, 0.3) is 0 Å². The third-order valence-corrected chi connectivity index (χ3v) is 3.93. The van der Waals surface area contributed by atoms with Gasteiger partial charge in [0.2, 0.25) is 0 Å². The summed E-state index contributed by atoms with van der Waals surface area (Å²) in [6, 6.07) is 0. The monoisotopic (exact) mass is 187 g/mol. The summed E-state index contributed by atoms with van der Waals surface area (Å²) < 4.78 is 0. The lowest BCUT2D eigenvalue weighted by Crippen LogP contribution is -2.32. The van der Waals surface area contributed by atoms with Crippen LogP contribution in [0.3, 0.4) is 0 Å². The Balaban J connectivity index is 1.93. The normalized spacial score (nSPS) is 28.5. The Morgan fingerprint density at radius 2 is 2.08 bits per heavy atom. The molecule has 2 unspecified atom stereocenters. The molecular weight excluding hydrogens is 166 g/mol. The van der Waals surface area contributed by atoms with Gasteiger partial charge in [-0.05, 0) is 55.6 Å². The van der Waals surface area contributed by atoms with E-state index in [1.807, 2.05) is 0 Å². The van der Waals surface area contributed by atoms with E-state index in [2.05, 4.69) is 18.7 Å². The zero-order chi connectivity index (χ0) is 8.81. The third kappa shape index (κ3) is 2.98. The molecule has 0 aromatic carbocycles. The van der Waals surface area contributed by atoms with Crippen molar-refractivity contribution in [3.63, 3.8) is 0 Å². The highest BCUT2D eigenvalue weighted by Gasteiger charge is 2.28. The first kappa shape index (κ1) is 10.4. The molecule has 0 radical (unpaired) electrons. The maximum Gasteiger partial charge on any atom is -0.00462 e. The van der Waals surface area contributed by atoms with E-state index < -0.39 is 0 Å². The van der Waals surface area contributed by atoms with Gasteiger partial charge in [0.15, 0.2) is 0 Å². The summed E-state index contributed by atoms with van der Waals surface area (Å²) in [6.45, 7) is 3.16. The molecule has 2 heteroatoms. The summed E-state index contributed by atoms with van der Waals surface area (Å²) in [4.78, 5) is 0. The van der Waals surface area contributed by atoms with E-state index >= 15 is 0 Å². The van der Waals surface area contributed by atoms with Gasteiger partial charge >= 0.3 is 0 Å². The van der Waals surface area contributed by atoms with Crippen molar-refractivity contribution in [1.29, 1.82) is 0 Å². The van der Waals surface area contributed by atoms with Gasteiger partial charge in [0.05, 0.1) is 0 Å². The van der Waals surface area contributed by atoms with E-state index in [0.717, 1.165) is 18.4 Å². The highest BCUT2D eigenvalue weighted by Crippen LogP contribution is 2.36. The molecule has 12 heavy (non-hydrogen) atoms. The molecule has 1 fully saturated rings. The predicted molar refractivity (Wildman–Crippen MR) is 57.5 cm³/mol. The van der Waals surface area contributed by atoms with Crippen LogP contribution in [0.2, 0.25) is 0 Å². The molecule has 2 N–H and O–H groups in total. The summed E-state index contributed by atoms with van der Waals surface area (Å²) in [5, 5.41) is 0. The minimum absolute atomic E-state index is 0.872. The summed E-state index contributed by atoms with van der Waals surface area (Å²) in [6.07, 6.45) is 5.66. The van der Waals surface area contributed by atoms with E-state index in [0.29, 0.717) is 0 Å². The first-order valence-electron chi connectivity index (χ1n) is 5.16. The largest absolute Gasteiger partial charge is 0.330 e. The quantitative estimate of drug-likeness (QED) is 0.647. The smallest absolute Gasteiger partial charge is 0.00462 e. The van der Waals surface area contributed by atoms with Crippen molar-refractivity contribution in [2.24, 2.45) is 17.6 Å². The molecule has 1 rings (SSSR count). The van der Waals surface area contributed by atoms with E-state index in [1.165, 1.54) is 37.2 Å². The summed E-state index contributed by atoms with van der Waals surface area (Å²) in [7, 11) is 0. The Morgan fingerprint density at radius 1 is 1.33 bits per heavy atom. The standard InChI is InChI=1S/C10H21NS/c1-2-12-7-3-4-9-5-6-10(9)8-11/h9-10H,2-8,11H2,1H3. The minimum atomic E-state index is 0.872. The van der Waals surface area contributed by atoms with E-state index in [9.17, 15) is 0 Å². The highest BCUT2D eigenvalue weighted by atomic mass is 32.2. The fraction of sp³-hybridized carbons (Fsp3) is 1.00. The topological polar surface area (TPSA) is 26.0 Å². The van der Waals surface area contributed by atoms with Crippen molar-refractivity contribution in [3.05, 3.63) is 0 Å². The summed E-state index contributed by atoms with van der Waals surface area (Å²) >= 11 is 2.06. The molecule has 1 saturated carbocycles. The van der Waals surface area contributed by atoms with Crippen molar-refractivity contribution in [2.45, 2.75) is 32.6 Å². The summed E-state index contributed by atoms with van der Waals surface area (Å²) in [5.74, 6) is 4.47. The second-order valence-corrected chi connectivity index (χ2v) is 5.07. The second-order valence-electron chi connectivity index (χ2n) is 3.67. The van der Waals surface area contributed by atoms with Crippen molar-refractivity contribution in [2.75, 3.05) is 18.1 Å². The molecule has 0 saturated heterocycles. The van der Waals surface area contributed by atoms with Crippen LogP contribution in [0.4, 0.5) is 0 Å². The van der Waals surface area contributed by atoms with Gasteiger partial charge in [-0.2, -0.15) is 11.8 Å². The van der Waals surface area contributed by atoms with Crippen LogP contribution >= 0.6 is 11.8 Å². The van der Waals surface area contributed by atoms with Crippen molar-refractivity contribution >= 4 is 11.8 Å². The molecule has 0 amide bonds. The lowest BCUT2D eigenvalue weighted by molar-refractivity contribution is 0.171. The minimum Gasteiger partial charge on any atom is -0.330 e. The maximum absolute atomic E-state index is 5.65. The fourth-order valence-corrected chi connectivity index (χ4v) is 2.58. The lowest BCUT2D eigenvalue weighted by atomic mass is 9.71. The van der Waals surface area contributed by atoms with Gasteiger partial charge in [0.25, 0.3) is 0 Å². The van der Waals surface area contributed by atoms with Gasteiger partial charge in [-0.3, -0.25) is 0 Å². The van der Waals surface area contributed by atoms with Gasteiger partial charge in [-0.1, -0.05) is 6.92 Å². The van der Waals surface area contributed by atoms with Gasteiger partial charge in [0, 0.05) is 0 Å². The third-order valence-electron chi connectivity index (χ3n) is 2.95. The molecule has 1 aliphatic rings. The van der Waals surface area contributed by atoms with Crippen LogP contribution in [0.5, 0.6) is 0 Å².